The van der Waals surface area contributed by atoms with Crippen molar-refractivity contribution in [2.24, 2.45) is 16.0 Å². The molecule has 142 valence electrons. The van der Waals surface area contributed by atoms with Crippen LogP contribution in [-0.4, -0.2) is 30.6 Å². The molecule has 0 saturated heterocycles. The summed E-state index contributed by atoms with van der Waals surface area (Å²) in [6, 6.07) is 3.35. The Bertz CT molecular complexity index is 755. The van der Waals surface area contributed by atoms with Gasteiger partial charge in [-0.3, -0.25) is 4.79 Å². The summed E-state index contributed by atoms with van der Waals surface area (Å²) in [7, 11) is 1.40. The number of rotatable bonds is 2. The molecule has 1 unspecified atom stereocenters. The zero-order chi connectivity index (χ0) is 19.5. The smallest absolute Gasteiger partial charge is 0.429 e. The van der Waals surface area contributed by atoms with Gasteiger partial charge in [0.1, 0.15) is 17.1 Å². The first-order valence-corrected chi connectivity index (χ1v) is 8.52. The van der Waals surface area contributed by atoms with Gasteiger partial charge in [0.2, 0.25) is 5.91 Å². The highest BCUT2D eigenvalue weighted by atomic mass is 19.4. The number of ether oxygens (including phenoxy) is 1. The maximum Gasteiger partial charge on any atom is 0.429 e. The molecule has 0 spiro atoms. The zero-order valence-corrected chi connectivity index (χ0v) is 15.2. The second-order valence-electron chi connectivity index (χ2n) is 5.84. The van der Waals surface area contributed by atoms with Crippen LogP contribution in [0.2, 0.25) is 0 Å². The number of fused-ring (bicyclic) bond motifs is 1. The maximum atomic E-state index is 13.0. The highest BCUT2D eigenvalue weighted by molar-refractivity contribution is 6.08. The third-order valence-corrected chi connectivity index (χ3v) is 4.19. The Hall–Kier alpha value is -2.38. The lowest BCUT2D eigenvalue weighted by Gasteiger charge is -2.25. The summed E-state index contributed by atoms with van der Waals surface area (Å²) in [5, 5.41) is 4.10. The van der Waals surface area contributed by atoms with Crippen LogP contribution in [0.4, 0.5) is 18.9 Å². The molecule has 5 nitrogen and oxygen atoms in total. The SMILES string of the molecule is CC.COc1ccc(C2=NNC(=O)CC2C)c2c1N=C(C(F)(F)F)CC2. The van der Waals surface area contributed by atoms with Gasteiger partial charge in [-0.1, -0.05) is 20.8 Å². The van der Waals surface area contributed by atoms with E-state index in [1.54, 1.807) is 12.1 Å². The number of hydrogen-bond acceptors (Lipinski definition) is 4. The van der Waals surface area contributed by atoms with Crippen LogP contribution in [-0.2, 0) is 11.2 Å². The van der Waals surface area contributed by atoms with Crippen molar-refractivity contribution >= 4 is 23.0 Å². The number of aliphatic imine (C=N–C) groups is 1. The first kappa shape index (κ1) is 19.9. The van der Waals surface area contributed by atoms with Crippen LogP contribution in [0.15, 0.2) is 22.2 Å². The van der Waals surface area contributed by atoms with E-state index in [9.17, 15) is 18.0 Å². The number of halogens is 3. The number of amides is 1. The summed E-state index contributed by atoms with van der Waals surface area (Å²) in [5.41, 5.74) is 3.85. The summed E-state index contributed by atoms with van der Waals surface area (Å²) in [5.74, 6) is -0.00135. The van der Waals surface area contributed by atoms with Crippen LogP contribution in [0.1, 0.15) is 44.7 Å². The molecule has 1 aromatic rings. The fourth-order valence-corrected chi connectivity index (χ4v) is 3.01. The van der Waals surface area contributed by atoms with E-state index in [1.807, 2.05) is 20.8 Å². The van der Waals surface area contributed by atoms with Gasteiger partial charge in [0.05, 0.1) is 12.8 Å². The topological polar surface area (TPSA) is 63.0 Å². The normalized spacial score (nSPS) is 19.3. The van der Waals surface area contributed by atoms with Gasteiger partial charge in [-0.2, -0.15) is 18.3 Å². The van der Waals surface area contributed by atoms with Crippen molar-refractivity contribution in [2.45, 2.75) is 46.2 Å². The first-order valence-electron chi connectivity index (χ1n) is 8.52. The Morgan fingerprint density at radius 1 is 1.23 bits per heavy atom. The summed E-state index contributed by atoms with van der Waals surface area (Å²) >= 11 is 0. The van der Waals surface area contributed by atoms with Crippen LogP contribution < -0.4 is 10.2 Å². The second-order valence-corrected chi connectivity index (χ2v) is 5.84. The van der Waals surface area contributed by atoms with Crippen LogP contribution in [0.3, 0.4) is 0 Å². The summed E-state index contributed by atoms with van der Waals surface area (Å²) in [6.07, 6.45) is -4.16. The fourth-order valence-electron chi connectivity index (χ4n) is 3.01. The van der Waals surface area contributed by atoms with E-state index in [2.05, 4.69) is 15.5 Å². The number of benzene rings is 1. The van der Waals surface area contributed by atoms with E-state index >= 15 is 0 Å². The minimum absolute atomic E-state index is 0.121. The Morgan fingerprint density at radius 2 is 1.92 bits per heavy atom. The number of hydrogen-bond donors (Lipinski definition) is 1. The lowest BCUT2D eigenvalue weighted by molar-refractivity contribution is -0.121. The van der Waals surface area contributed by atoms with Crippen LogP contribution in [0.25, 0.3) is 0 Å². The molecule has 3 rings (SSSR count). The molecule has 2 aliphatic rings. The van der Waals surface area contributed by atoms with Crippen molar-refractivity contribution in [3.8, 4) is 5.75 Å². The fraction of sp³-hybridized carbons (Fsp3) is 0.500. The van der Waals surface area contributed by atoms with Gasteiger partial charge in [-0.05, 0) is 30.5 Å². The first-order chi connectivity index (χ1) is 12.3. The largest absolute Gasteiger partial charge is 0.494 e. The quantitative estimate of drug-likeness (QED) is 0.851. The van der Waals surface area contributed by atoms with E-state index in [0.29, 0.717) is 22.6 Å². The van der Waals surface area contributed by atoms with E-state index in [-0.39, 0.29) is 36.8 Å². The number of hydrazone groups is 1. The Labute approximate surface area is 150 Å². The average molecular weight is 369 g/mol. The number of carbonyl (C=O) groups excluding carboxylic acids is 1. The Morgan fingerprint density at radius 3 is 2.50 bits per heavy atom. The molecule has 8 heteroatoms. The van der Waals surface area contributed by atoms with Gasteiger partial charge in [0.15, 0.2) is 0 Å². The van der Waals surface area contributed by atoms with Crippen molar-refractivity contribution in [1.82, 2.24) is 5.43 Å². The van der Waals surface area contributed by atoms with Crippen molar-refractivity contribution in [1.29, 1.82) is 0 Å². The third-order valence-electron chi connectivity index (χ3n) is 4.19. The van der Waals surface area contributed by atoms with Crippen molar-refractivity contribution in [3.63, 3.8) is 0 Å². The van der Waals surface area contributed by atoms with E-state index in [1.165, 1.54) is 7.11 Å². The lowest BCUT2D eigenvalue weighted by Crippen LogP contribution is -2.33. The van der Waals surface area contributed by atoms with Gasteiger partial charge >= 0.3 is 6.18 Å². The van der Waals surface area contributed by atoms with Crippen molar-refractivity contribution < 1.29 is 22.7 Å². The van der Waals surface area contributed by atoms with Crippen LogP contribution in [0.5, 0.6) is 5.75 Å². The molecule has 0 fully saturated rings. The predicted octanol–water partition coefficient (Wildman–Crippen LogP) is 4.16. The molecule has 0 aliphatic carbocycles. The molecule has 1 amide bonds. The average Bonchev–Trinajstić information content (AvgIpc) is 2.61. The van der Waals surface area contributed by atoms with Crippen molar-refractivity contribution in [3.05, 3.63) is 23.3 Å². The molecular weight excluding hydrogens is 347 g/mol. The molecule has 2 heterocycles. The molecule has 0 aromatic heterocycles. The summed E-state index contributed by atoms with van der Waals surface area (Å²) in [6.45, 7) is 5.86. The zero-order valence-electron chi connectivity index (χ0n) is 15.2. The standard InChI is InChI=1S/C16H16F3N3O2.C2H6/c1-8-7-13(23)21-22-14(8)9-3-5-11(24-2)15-10(9)4-6-12(20-15)16(17,18)19;1-2/h3,5,8H,4,6-7H2,1-2H3,(H,21,23);1-2H3. The minimum atomic E-state index is -4.46. The molecule has 0 bridgehead atoms. The highest BCUT2D eigenvalue weighted by Crippen LogP contribution is 2.41. The summed E-state index contributed by atoms with van der Waals surface area (Å²) < 4.78 is 44.1. The predicted molar refractivity (Wildman–Crippen MR) is 94.3 cm³/mol. The van der Waals surface area contributed by atoms with Crippen LogP contribution >= 0.6 is 0 Å². The number of nitrogens with zero attached hydrogens (tertiary/aromatic N) is 2. The summed E-state index contributed by atoms with van der Waals surface area (Å²) in [4.78, 5) is 15.2. The van der Waals surface area contributed by atoms with Gasteiger partial charge in [0.25, 0.3) is 0 Å². The van der Waals surface area contributed by atoms with Crippen molar-refractivity contribution in [2.75, 3.05) is 7.11 Å². The van der Waals surface area contributed by atoms with Gasteiger partial charge in [0, 0.05) is 17.9 Å². The minimum Gasteiger partial charge on any atom is -0.494 e. The number of alkyl halides is 3. The maximum absolute atomic E-state index is 13.0. The molecule has 26 heavy (non-hydrogen) atoms. The van der Waals surface area contributed by atoms with Gasteiger partial charge in [-0.15, -0.1) is 0 Å². The molecule has 1 atom stereocenters. The Balaban J connectivity index is 0.00000117. The van der Waals surface area contributed by atoms with E-state index < -0.39 is 11.9 Å². The number of carbonyl (C=O) groups is 1. The van der Waals surface area contributed by atoms with Crippen LogP contribution in [0, 0.1) is 5.92 Å². The molecule has 2 aliphatic heterocycles. The Kier molecular flexibility index (Phi) is 6.05. The number of nitrogens with one attached hydrogen (secondary N) is 1. The van der Waals surface area contributed by atoms with Gasteiger partial charge < -0.3 is 4.74 Å². The third kappa shape index (κ3) is 3.89. The second kappa shape index (κ2) is 7.88. The monoisotopic (exact) mass is 369 g/mol. The highest BCUT2D eigenvalue weighted by Gasteiger charge is 2.38. The number of methoxy groups -OCH3 is 1. The van der Waals surface area contributed by atoms with E-state index in [0.717, 1.165) is 0 Å². The molecular formula is C18H22F3N3O2. The van der Waals surface area contributed by atoms with E-state index in [4.69, 9.17) is 4.74 Å². The lowest BCUT2D eigenvalue weighted by atomic mass is 9.87. The molecule has 0 radical (unpaired) electrons. The molecule has 1 N–H and O–H groups in total. The van der Waals surface area contributed by atoms with Gasteiger partial charge in [-0.25, -0.2) is 10.4 Å². The molecule has 1 aromatic carbocycles. The molecule has 0 saturated carbocycles.